The van der Waals surface area contributed by atoms with Gasteiger partial charge >= 0.3 is 0 Å². The number of hydrogen-bond acceptors (Lipinski definition) is 3. The molecule has 1 aliphatic heterocycles. The van der Waals surface area contributed by atoms with Crippen molar-refractivity contribution in [2.45, 2.75) is 6.42 Å². The molecule has 1 unspecified atom stereocenters. The van der Waals surface area contributed by atoms with Crippen LogP contribution >= 0.6 is 23.2 Å². The van der Waals surface area contributed by atoms with Crippen LogP contribution in [0.1, 0.15) is 6.42 Å². The Balaban J connectivity index is 1.88. The van der Waals surface area contributed by atoms with Crippen LogP contribution in [0.4, 0.5) is 0 Å². The standard InChI is InChI=1S/C13H16Cl2N2O2/c14-10-1-2-11(15)12(5-10)19-8-13(18)17-4-3-9(6-16)7-17/h1-2,5,9H,3-4,6-8,16H2. The first kappa shape index (κ1) is 14.4. The Morgan fingerprint density at radius 3 is 2.95 bits per heavy atom. The molecule has 2 N–H and O–H groups in total. The summed E-state index contributed by atoms with van der Waals surface area (Å²) < 4.78 is 5.42. The average molecular weight is 303 g/mol. The SMILES string of the molecule is NCC1CCN(C(=O)COc2cc(Cl)ccc2Cl)C1. The van der Waals surface area contributed by atoms with Crippen molar-refractivity contribution in [1.82, 2.24) is 4.90 Å². The highest BCUT2D eigenvalue weighted by atomic mass is 35.5. The molecule has 104 valence electrons. The third-order valence-electron chi connectivity index (χ3n) is 3.22. The van der Waals surface area contributed by atoms with Crippen LogP contribution in [0.5, 0.6) is 5.75 Å². The lowest BCUT2D eigenvalue weighted by Crippen LogP contribution is -2.33. The molecule has 1 fully saturated rings. The lowest BCUT2D eigenvalue weighted by molar-refractivity contribution is -0.132. The van der Waals surface area contributed by atoms with E-state index < -0.39 is 0 Å². The van der Waals surface area contributed by atoms with Crippen molar-refractivity contribution in [3.05, 3.63) is 28.2 Å². The Kier molecular flexibility index (Phi) is 4.91. The Morgan fingerprint density at radius 1 is 1.47 bits per heavy atom. The van der Waals surface area contributed by atoms with Gasteiger partial charge in [0.15, 0.2) is 6.61 Å². The largest absolute Gasteiger partial charge is 0.482 e. The molecule has 0 radical (unpaired) electrons. The zero-order chi connectivity index (χ0) is 13.8. The van der Waals surface area contributed by atoms with Crippen molar-refractivity contribution in [2.24, 2.45) is 11.7 Å². The third kappa shape index (κ3) is 3.75. The summed E-state index contributed by atoms with van der Waals surface area (Å²) >= 11 is 11.8. The van der Waals surface area contributed by atoms with Gasteiger partial charge in [0.2, 0.25) is 0 Å². The molecule has 0 bridgehead atoms. The van der Waals surface area contributed by atoms with E-state index in [9.17, 15) is 4.79 Å². The molecule has 1 heterocycles. The van der Waals surface area contributed by atoms with Crippen LogP contribution in [0.2, 0.25) is 10.0 Å². The first-order valence-electron chi connectivity index (χ1n) is 6.16. The van der Waals surface area contributed by atoms with Gasteiger partial charge in [-0.15, -0.1) is 0 Å². The molecule has 2 rings (SSSR count). The van der Waals surface area contributed by atoms with Gasteiger partial charge in [0.25, 0.3) is 5.91 Å². The molecule has 6 heteroatoms. The van der Waals surface area contributed by atoms with Crippen LogP contribution in [0.25, 0.3) is 0 Å². The van der Waals surface area contributed by atoms with Gasteiger partial charge in [0, 0.05) is 24.2 Å². The Labute approximate surface area is 122 Å². The van der Waals surface area contributed by atoms with Crippen molar-refractivity contribution in [2.75, 3.05) is 26.2 Å². The quantitative estimate of drug-likeness (QED) is 0.927. The number of benzene rings is 1. The summed E-state index contributed by atoms with van der Waals surface area (Å²) in [6.45, 7) is 2.04. The minimum atomic E-state index is -0.0491. The molecule has 1 aromatic rings. The smallest absolute Gasteiger partial charge is 0.260 e. The fourth-order valence-electron chi connectivity index (χ4n) is 2.07. The zero-order valence-corrected chi connectivity index (χ0v) is 12.0. The highest BCUT2D eigenvalue weighted by molar-refractivity contribution is 6.34. The number of nitrogens with zero attached hydrogens (tertiary/aromatic N) is 1. The molecule has 0 saturated carbocycles. The monoisotopic (exact) mass is 302 g/mol. The van der Waals surface area contributed by atoms with Crippen molar-refractivity contribution in [1.29, 1.82) is 0 Å². The summed E-state index contributed by atoms with van der Waals surface area (Å²) in [5, 5.41) is 0.967. The van der Waals surface area contributed by atoms with Gasteiger partial charge < -0.3 is 15.4 Å². The number of hydrogen-bond donors (Lipinski definition) is 1. The highest BCUT2D eigenvalue weighted by Crippen LogP contribution is 2.27. The Bertz CT molecular complexity index is 468. The van der Waals surface area contributed by atoms with E-state index in [1.165, 1.54) is 0 Å². The van der Waals surface area contributed by atoms with Crippen LogP contribution in [0, 0.1) is 5.92 Å². The molecule has 1 atom stereocenters. The van der Waals surface area contributed by atoms with Gasteiger partial charge in [-0.2, -0.15) is 0 Å². The van der Waals surface area contributed by atoms with Crippen molar-refractivity contribution in [3.8, 4) is 5.75 Å². The fraction of sp³-hybridized carbons (Fsp3) is 0.462. The number of ether oxygens (including phenoxy) is 1. The minimum Gasteiger partial charge on any atom is -0.482 e. The first-order valence-corrected chi connectivity index (χ1v) is 6.91. The summed E-state index contributed by atoms with van der Waals surface area (Å²) in [5.41, 5.74) is 5.60. The van der Waals surface area contributed by atoms with Crippen LogP contribution in [-0.2, 0) is 4.79 Å². The number of likely N-dealkylation sites (tertiary alicyclic amines) is 1. The number of carbonyl (C=O) groups is 1. The van der Waals surface area contributed by atoms with E-state index in [4.69, 9.17) is 33.7 Å². The van der Waals surface area contributed by atoms with Gasteiger partial charge in [-0.3, -0.25) is 4.79 Å². The molecule has 1 saturated heterocycles. The van der Waals surface area contributed by atoms with E-state index in [-0.39, 0.29) is 12.5 Å². The number of rotatable bonds is 4. The number of nitrogens with two attached hydrogens (primary N) is 1. The number of halogens is 2. The van der Waals surface area contributed by atoms with Gasteiger partial charge in [0.05, 0.1) is 5.02 Å². The molecule has 0 aliphatic carbocycles. The lowest BCUT2D eigenvalue weighted by Gasteiger charge is -2.17. The molecule has 0 aromatic heterocycles. The second-order valence-corrected chi connectivity index (χ2v) is 5.44. The third-order valence-corrected chi connectivity index (χ3v) is 3.76. The topological polar surface area (TPSA) is 55.6 Å². The van der Waals surface area contributed by atoms with Crippen LogP contribution in [0.3, 0.4) is 0 Å². The first-order chi connectivity index (χ1) is 9.10. The van der Waals surface area contributed by atoms with Crippen LogP contribution in [0.15, 0.2) is 18.2 Å². The maximum absolute atomic E-state index is 12.0. The van der Waals surface area contributed by atoms with Crippen LogP contribution < -0.4 is 10.5 Å². The maximum Gasteiger partial charge on any atom is 0.260 e. The maximum atomic E-state index is 12.0. The highest BCUT2D eigenvalue weighted by Gasteiger charge is 2.25. The van der Waals surface area contributed by atoms with Gasteiger partial charge in [-0.05, 0) is 31.0 Å². The van der Waals surface area contributed by atoms with E-state index in [1.54, 1.807) is 23.1 Å². The second-order valence-electron chi connectivity index (χ2n) is 4.59. The summed E-state index contributed by atoms with van der Waals surface area (Å²) in [6, 6.07) is 4.92. The van der Waals surface area contributed by atoms with Crippen molar-refractivity contribution in [3.63, 3.8) is 0 Å². The molecule has 19 heavy (non-hydrogen) atoms. The van der Waals surface area contributed by atoms with E-state index in [0.29, 0.717) is 34.8 Å². The van der Waals surface area contributed by atoms with Crippen molar-refractivity contribution < 1.29 is 9.53 Å². The van der Waals surface area contributed by atoms with Gasteiger partial charge in [-0.1, -0.05) is 23.2 Å². The summed E-state index contributed by atoms with van der Waals surface area (Å²) in [6.07, 6.45) is 0.958. The molecule has 1 amide bonds. The van der Waals surface area contributed by atoms with E-state index in [1.807, 2.05) is 0 Å². The minimum absolute atomic E-state index is 0.0304. The van der Waals surface area contributed by atoms with E-state index in [0.717, 1.165) is 13.0 Å². The molecule has 1 aliphatic rings. The molecular formula is C13H16Cl2N2O2. The van der Waals surface area contributed by atoms with Crippen LogP contribution in [-0.4, -0.2) is 37.0 Å². The summed E-state index contributed by atoms with van der Waals surface area (Å²) in [4.78, 5) is 13.7. The molecular weight excluding hydrogens is 287 g/mol. The molecule has 1 aromatic carbocycles. The normalized spacial score (nSPS) is 18.7. The van der Waals surface area contributed by atoms with Gasteiger partial charge in [-0.25, -0.2) is 0 Å². The predicted octanol–water partition coefficient (Wildman–Crippen LogP) is 2.18. The Hall–Kier alpha value is -0.970. The Morgan fingerprint density at radius 2 is 2.26 bits per heavy atom. The molecule has 4 nitrogen and oxygen atoms in total. The second kappa shape index (κ2) is 6.46. The number of carbonyl (C=O) groups excluding carboxylic acids is 1. The molecule has 0 spiro atoms. The van der Waals surface area contributed by atoms with E-state index in [2.05, 4.69) is 0 Å². The lowest BCUT2D eigenvalue weighted by atomic mass is 10.1. The fourth-order valence-corrected chi connectivity index (χ4v) is 2.40. The predicted molar refractivity (Wildman–Crippen MR) is 75.7 cm³/mol. The summed E-state index contributed by atoms with van der Waals surface area (Å²) in [7, 11) is 0. The average Bonchev–Trinajstić information content (AvgIpc) is 2.88. The van der Waals surface area contributed by atoms with Crippen molar-refractivity contribution >= 4 is 29.1 Å². The van der Waals surface area contributed by atoms with E-state index >= 15 is 0 Å². The number of amides is 1. The van der Waals surface area contributed by atoms with Gasteiger partial charge in [0.1, 0.15) is 5.75 Å². The zero-order valence-electron chi connectivity index (χ0n) is 10.4. The summed E-state index contributed by atoms with van der Waals surface area (Å²) in [5.74, 6) is 0.780.